The van der Waals surface area contributed by atoms with Gasteiger partial charge in [-0.05, 0) is 6.92 Å². The molecule has 0 saturated carbocycles. The maximum absolute atomic E-state index is 5.89. The minimum absolute atomic E-state index is 0.0401. The monoisotopic (exact) mass is 238 g/mol. The number of hydrogen-bond donors (Lipinski definition) is 1. The Hall–Kier alpha value is -1.69. The molecule has 0 saturated heterocycles. The van der Waals surface area contributed by atoms with Gasteiger partial charge in [0, 0.05) is 19.4 Å². The molecular formula is C9H11ClN6. The summed E-state index contributed by atoms with van der Waals surface area (Å²) in [7, 11) is 1.88. The lowest BCUT2D eigenvalue weighted by molar-refractivity contribution is 0.716. The second kappa shape index (κ2) is 4.44. The summed E-state index contributed by atoms with van der Waals surface area (Å²) >= 11 is 5.89. The summed E-state index contributed by atoms with van der Waals surface area (Å²) in [4.78, 5) is 8.03. The molecule has 0 aliphatic rings. The molecule has 84 valence electrons. The van der Waals surface area contributed by atoms with E-state index < -0.39 is 0 Å². The molecule has 1 N–H and O–H groups in total. The van der Waals surface area contributed by atoms with Crippen molar-refractivity contribution in [3.8, 4) is 0 Å². The highest BCUT2D eigenvalue weighted by Crippen LogP contribution is 2.20. The molecule has 0 spiro atoms. The van der Waals surface area contributed by atoms with Crippen LogP contribution in [-0.4, -0.2) is 24.7 Å². The Labute approximate surface area is 97.7 Å². The summed E-state index contributed by atoms with van der Waals surface area (Å²) in [5.41, 5.74) is 0. The van der Waals surface area contributed by atoms with Gasteiger partial charge in [0.1, 0.15) is 6.33 Å². The average Bonchev–Trinajstić information content (AvgIpc) is 2.68. The van der Waals surface area contributed by atoms with Crippen molar-refractivity contribution in [1.29, 1.82) is 0 Å². The maximum Gasteiger partial charge on any atom is 0.171 e. The Bertz CT molecular complexity index is 482. The van der Waals surface area contributed by atoms with E-state index in [9.17, 15) is 0 Å². The van der Waals surface area contributed by atoms with Crippen LogP contribution in [-0.2, 0) is 7.05 Å². The summed E-state index contributed by atoms with van der Waals surface area (Å²) in [6, 6.07) is -0.0401. The van der Waals surface area contributed by atoms with Crippen molar-refractivity contribution in [2.45, 2.75) is 13.0 Å². The van der Waals surface area contributed by atoms with Crippen LogP contribution in [0, 0.1) is 0 Å². The van der Waals surface area contributed by atoms with E-state index in [2.05, 4.69) is 25.5 Å². The molecule has 7 heteroatoms. The van der Waals surface area contributed by atoms with Gasteiger partial charge in [0.05, 0.1) is 6.04 Å². The lowest BCUT2D eigenvalue weighted by atomic mass is 10.3. The summed E-state index contributed by atoms with van der Waals surface area (Å²) < 4.78 is 1.84. The Morgan fingerprint density at radius 2 is 2.12 bits per heavy atom. The number of aromatic nitrogens is 5. The first-order chi connectivity index (χ1) is 7.68. The van der Waals surface area contributed by atoms with Crippen molar-refractivity contribution in [3.05, 3.63) is 29.7 Å². The predicted molar refractivity (Wildman–Crippen MR) is 60.1 cm³/mol. The molecule has 0 aromatic carbocycles. The van der Waals surface area contributed by atoms with Gasteiger partial charge in [-0.25, -0.2) is 9.97 Å². The van der Waals surface area contributed by atoms with Gasteiger partial charge in [-0.1, -0.05) is 11.6 Å². The van der Waals surface area contributed by atoms with Crippen LogP contribution in [0.4, 0.5) is 5.82 Å². The Balaban J connectivity index is 2.17. The second-order valence-corrected chi connectivity index (χ2v) is 3.72. The topological polar surface area (TPSA) is 68.5 Å². The van der Waals surface area contributed by atoms with E-state index in [-0.39, 0.29) is 6.04 Å². The standard InChI is InChI=1S/C9H11ClN6/c1-6(9-15-13-5-16(9)2)14-8-7(10)11-3-4-12-8/h3-6H,1-2H3,(H,12,14). The first-order valence-corrected chi connectivity index (χ1v) is 5.13. The van der Waals surface area contributed by atoms with Crippen LogP contribution in [0.15, 0.2) is 18.7 Å². The number of nitrogens with zero attached hydrogens (tertiary/aromatic N) is 5. The number of hydrogen-bond acceptors (Lipinski definition) is 5. The van der Waals surface area contributed by atoms with Crippen LogP contribution in [0.3, 0.4) is 0 Å². The highest BCUT2D eigenvalue weighted by molar-refractivity contribution is 6.31. The molecule has 0 bridgehead atoms. The summed E-state index contributed by atoms with van der Waals surface area (Å²) in [6.45, 7) is 1.95. The third kappa shape index (κ3) is 2.11. The lowest BCUT2D eigenvalue weighted by Gasteiger charge is -2.13. The summed E-state index contributed by atoms with van der Waals surface area (Å²) in [5, 5.41) is 11.3. The number of aryl methyl sites for hydroxylation is 1. The van der Waals surface area contributed by atoms with Crippen LogP contribution in [0.25, 0.3) is 0 Å². The number of anilines is 1. The van der Waals surface area contributed by atoms with E-state index >= 15 is 0 Å². The van der Waals surface area contributed by atoms with Crippen molar-refractivity contribution >= 4 is 17.4 Å². The van der Waals surface area contributed by atoms with Crippen molar-refractivity contribution in [2.24, 2.45) is 7.05 Å². The number of rotatable bonds is 3. The summed E-state index contributed by atoms with van der Waals surface area (Å²) in [6.07, 6.45) is 4.77. The fourth-order valence-corrected chi connectivity index (χ4v) is 1.53. The molecule has 0 radical (unpaired) electrons. The van der Waals surface area contributed by atoms with Gasteiger partial charge in [0.15, 0.2) is 16.8 Å². The smallest absolute Gasteiger partial charge is 0.171 e. The minimum atomic E-state index is -0.0401. The van der Waals surface area contributed by atoms with Crippen LogP contribution in [0.1, 0.15) is 18.8 Å². The second-order valence-electron chi connectivity index (χ2n) is 3.36. The molecule has 0 amide bonds. The van der Waals surface area contributed by atoms with E-state index in [1.165, 1.54) is 0 Å². The minimum Gasteiger partial charge on any atom is -0.358 e. The lowest BCUT2D eigenvalue weighted by Crippen LogP contribution is -2.13. The van der Waals surface area contributed by atoms with E-state index in [1.54, 1.807) is 18.7 Å². The molecule has 1 atom stereocenters. The van der Waals surface area contributed by atoms with Crippen LogP contribution in [0.5, 0.6) is 0 Å². The fourth-order valence-electron chi connectivity index (χ4n) is 1.37. The van der Waals surface area contributed by atoms with Gasteiger partial charge in [-0.15, -0.1) is 10.2 Å². The van der Waals surface area contributed by atoms with Crippen molar-refractivity contribution in [3.63, 3.8) is 0 Å². The van der Waals surface area contributed by atoms with Crippen molar-refractivity contribution in [1.82, 2.24) is 24.7 Å². The SMILES string of the molecule is CC(Nc1nccnc1Cl)c1nncn1C. The first-order valence-electron chi connectivity index (χ1n) is 4.75. The zero-order valence-electron chi connectivity index (χ0n) is 8.92. The first kappa shape index (κ1) is 10.8. The Kier molecular flexibility index (Phi) is 3.00. The van der Waals surface area contributed by atoms with Gasteiger partial charge in [-0.2, -0.15) is 0 Å². The van der Waals surface area contributed by atoms with E-state index in [0.717, 1.165) is 5.82 Å². The molecule has 2 rings (SSSR count). The highest BCUT2D eigenvalue weighted by atomic mass is 35.5. The van der Waals surface area contributed by atoms with Crippen LogP contribution < -0.4 is 5.32 Å². The number of nitrogens with one attached hydrogen (secondary N) is 1. The molecule has 2 aromatic rings. The van der Waals surface area contributed by atoms with Gasteiger partial charge in [0.2, 0.25) is 0 Å². The average molecular weight is 239 g/mol. The van der Waals surface area contributed by atoms with Gasteiger partial charge < -0.3 is 9.88 Å². The molecule has 2 aromatic heterocycles. The van der Waals surface area contributed by atoms with E-state index in [0.29, 0.717) is 11.0 Å². The molecule has 1 unspecified atom stereocenters. The van der Waals surface area contributed by atoms with Crippen LogP contribution >= 0.6 is 11.6 Å². The van der Waals surface area contributed by atoms with Gasteiger partial charge in [-0.3, -0.25) is 0 Å². The van der Waals surface area contributed by atoms with E-state index in [1.807, 2.05) is 18.5 Å². The molecule has 0 aliphatic heterocycles. The third-order valence-corrected chi connectivity index (χ3v) is 2.42. The Morgan fingerprint density at radius 3 is 2.75 bits per heavy atom. The quantitative estimate of drug-likeness (QED) is 0.876. The maximum atomic E-state index is 5.89. The molecular weight excluding hydrogens is 228 g/mol. The van der Waals surface area contributed by atoms with Gasteiger partial charge in [0.25, 0.3) is 0 Å². The molecule has 0 fully saturated rings. The normalized spacial score (nSPS) is 12.4. The van der Waals surface area contributed by atoms with Crippen LogP contribution in [0.2, 0.25) is 5.15 Å². The third-order valence-electron chi connectivity index (χ3n) is 2.14. The zero-order chi connectivity index (χ0) is 11.5. The molecule has 2 heterocycles. The van der Waals surface area contributed by atoms with Crippen molar-refractivity contribution in [2.75, 3.05) is 5.32 Å². The zero-order valence-corrected chi connectivity index (χ0v) is 9.68. The number of halogens is 1. The largest absolute Gasteiger partial charge is 0.358 e. The predicted octanol–water partition coefficient (Wildman–Crippen LogP) is 1.43. The van der Waals surface area contributed by atoms with E-state index in [4.69, 9.17) is 11.6 Å². The Morgan fingerprint density at radius 1 is 1.38 bits per heavy atom. The van der Waals surface area contributed by atoms with Gasteiger partial charge >= 0.3 is 0 Å². The molecule has 6 nitrogen and oxygen atoms in total. The molecule has 0 aliphatic carbocycles. The highest BCUT2D eigenvalue weighted by Gasteiger charge is 2.13. The summed E-state index contributed by atoms with van der Waals surface area (Å²) in [5.74, 6) is 1.35. The molecule has 16 heavy (non-hydrogen) atoms. The fraction of sp³-hybridized carbons (Fsp3) is 0.333. The van der Waals surface area contributed by atoms with Crippen molar-refractivity contribution < 1.29 is 0 Å².